The van der Waals surface area contributed by atoms with Gasteiger partial charge in [0.15, 0.2) is 11.0 Å². The van der Waals surface area contributed by atoms with E-state index in [-0.39, 0.29) is 11.7 Å². The molecule has 2 aromatic rings. The lowest BCUT2D eigenvalue weighted by Gasteiger charge is -2.21. The van der Waals surface area contributed by atoms with Gasteiger partial charge in [0.05, 0.1) is 25.0 Å². The fraction of sp³-hybridized carbons (Fsp3) is 0.474. The van der Waals surface area contributed by atoms with Crippen molar-refractivity contribution in [2.24, 2.45) is 0 Å². The molecule has 0 unspecified atom stereocenters. The van der Waals surface area contributed by atoms with Gasteiger partial charge in [-0.05, 0) is 49.9 Å². The molecule has 1 aromatic carbocycles. The highest BCUT2D eigenvalue weighted by molar-refractivity contribution is 7.99. The third-order valence-electron chi connectivity index (χ3n) is 4.72. The zero-order chi connectivity index (χ0) is 20.0. The SMILES string of the molecule is COCCn1c(SCC(=O)NC2(C#N)CCCC2)nnc1-c1ccc(Cl)cc1. The number of carbonyl (C=O) groups excluding carboxylic acids is 1. The monoisotopic (exact) mass is 419 g/mol. The summed E-state index contributed by atoms with van der Waals surface area (Å²) in [5, 5.41) is 22.1. The number of nitriles is 1. The van der Waals surface area contributed by atoms with Crippen LogP contribution in [-0.4, -0.2) is 45.7 Å². The first-order valence-corrected chi connectivity index (χ1v) is 10.5. The highest BCUT2D eigenvalue weighted by Crippen LogP contribution is 2.29. The molecule has 148 valence electrons. The molecule has 1 heterocycles. The van der Waals surface area contributed by atoms with Gasteiger partial charge in [-0.15, -0.1) is 10.2 Å². The number of hydrogen-bond acceptors (Lipinski definition) is 6. The Kier molecular flexibility index (Phi) is 6.94. The normalized spacial score (nSPS) is 15.3. The van der Waals surface area contributed by atoms with Crippen molar-refractivity contribution in [1.29, 1.82) is 5.26 Å². The first kappa shape index (κ1) is 20.6. The van der Waals surface area contributed by atoms with Gasteiger partial charge in [0.25, 0.3) is 0 Å². The Labute approximate surface area is 173 Å². The molecule has 7 nitrogen and oxygen atoms in total. The number of rotatable bonds is 8. The van der Waals surface area contributed by atoms with E-state index in [1.54, 1.807) is 19.2 Å². The van der Waals surface area contributed by atoms with Crippen LogP contribution in [0.2, 0.25) is 5.02 Å². The van der Waals surface area contributed by atoms with Gasteiger partial charge in [0, 0.05) is 17.7 Å². The van der Waals surface area contributed by atoms with Crippen LogP contribution in [0.1, 0.15) is 25.7 Å². The second-order valence-electron chi connectivity index (χ2n) is 6.70. The maximum atomic E-state index is 12.4. The van der Waals surface area contributed by atoms with E-state index in [0.29, 0.717) is 42.0 Å². The number of amides is 1. The van der Waals surface area contributed by atoms with Crippen LogP contribution in [0.4, 0.5) is 0 Å². The van der Waals surface area contributed by atoms with Crippen molar-refractivity contribution in [3.63, 3.8) is 0 Å². The number of carbonyl (C=O) groups is 1. The second kappa shape index (κ2) is 9.41. The zero-order valence-corrected chi connectivity index (χ0v) is 17.2. The number of halogens is 1. The van der Waals surface area contributed by atoms with E-state index in [4.69, 9.17) is 16.3 Å². The second-order valence-corrected chi connectivity index (χ2v) is 8.07. The van der Waals surface area contributed by atoms with Crippen LogP contribution in [-0.2, 0) is 16.1 Å². The van der Waals surface area contributed by atoms with Gasteiger partial charge >= 0.3 is 0 Å². The van der Waals surface area contributed by atoms with E-state index in [2.05, 4.69) is 21.6 Å². The van der Waals surface area contributed by atoms with E-state index < -0.39 is 5.54 Å². The predicted molar refractivity (Wildman–Crippen MR) is 108 cm³/mol. The molecule has 0 bridgehead atoms. The molecule has 1 aromatic heterocycles. The quantitative estimate of drug-likeness (QED) is 0.660. The van der Waals surface area contributed by atoms with E-state index in [1.165, 1.54) is 11.8 Å². The van der Waals surface area contributed by atoms with E-state index in [0.717, 1.165) is 18.4 Å². The fourth-order valence-corrected chi connectivity index (χ4v) is 4.16. The van der Waals surface area contributed by atoms with Gasteiger partial charge < -0.3 is 10.1 Å². The number of hydrogen-bond donors (Lipinski definition) is 1. The molecular formula is C19H22ClN5O2S. The van der Waals surface area contributed by atoms with Crippen molar-refractivity contribution < 1.29 is 9.53 Å². The van der Waals surface area contributed by atoms with Gasteiger partial charge in [-0.2, -0.15) is 5.26 Å². The average Bonchev–Trinajstić information content (AvgIpc) is 3.33. The van der Waals surface area contributed by atoms with Crippen molar-refractivity contribution in [2.75, 3.05) is 19.5 Å². The van der Waals surface area contributed by atoms with Crippen LogP contribution in [0.25, 0.3) is 11.4 Å². The number of nitrogens with one attached hydrogen (secondary N) is 1. The number of thioether (sulfide) groups is 1. The van der Waals surface area contributed by atoms with Crippen LogP contribution in [0.15, 0.2) is 29.4 Å². The van der Waals surface area contributed by atoms with Gasteiger partial charge in [-0.3, -0.25) is 9.36 Å². The molecular weight excluding hydrogens is 398 g/mol. The maximum absolute atomic E-state index is 12.4. The highest BCUT2D eigenvalue weighted by atomic mass is 35.5. The Bertz CT molecular complexity index is 856. The summed E-state index contributed by atoms with van der Waals surface area (Å²) in [5.74, 6) is 0.707. The molecule has 0 radical (unpaired) electrons. The molecule has 1 amide bonds. The van der Waals surface area contributed by atoms with Gasteiger partial charge in [0.1, 0.15) is 5.54 Å². The van der Waals surface area contributed by atoms with Crippen LogP contribution in [0, 0.1) is 11.3 Å². The first-order valence-electron chi connectivity index (χ1n) is 9.10. The highest BCUT2D eigenvalue weighted by Gasteiger charge is 2.35. The number of ether oxygens (including phenoxy) is 1. The van der Waals surface area contributed by atoms with Gasteiger partial charge in [-0.25, -0.2) is 0 Å². The van der Waals surface area contributed by atoms with Crippen molar-refractivity contribution >= 4 is 29.3 Å². The van der Waals surface area contributed by atoms with Crippen molar-refractivity contribution in [1.82, 2.24) is 20.1 Å². The molecule has 0 atom stereocenters. The van der Waals surface area contributed by atoms with Crippen LogP contribution in [0.3, 0.4) is 0 Å². The molecule has 9 heteroatoms. The fourth-order valence-electron chi connectivity index (χ4n) is 3.27. The summed E-state index contributed by atoms with van der Waals surface area (Å²) in [6.45, 7) is 1.06. The number of methoxy groups -OCH3 is 1. The molecule has 1 aliphatic rings. The van der Waals surface area contributed by atoms with Crippen LogP contribution < -0.4 is 5.32 Å². The minimum absolute atomic E-state index is 0.164. The molecule has 1 fully saturated rings. The molecule has 1 saturated carbocycles. The largest absolute Gasteiger partial charge is 0.383 e. The molecule has 0 aliphatic heterocycles. The summed E-state index contributed by atoms with van der Waals surface area (Å²) in [4.78, 5) is 12.4. The van der Waals surface area contributed by atoms with E-state index in [1.807, 2.05) is 16.7 Å². The van der Waals surface area contributed by atoms with Crippen molar-refractivity contribution in [2.45, 2.75) is 42.9 Å². The summed E-state index contributed by atoms with van der Waals surface area (Å²) in [7, 11) is 1.63. The lowest BCUT2D eigenvalue weighted by molar-refractivity contribution is -0.119. The number of benzene rings is 1. The molecule has 3 rings (SSSR count). The number of nitrogens with zero attached hydrogens (tertiary/aromatic N) is 4. The smallest absolute Gasteiger partial charge is 0.231 e. The molecule has 0 saturated heterocycles. The van der Waals surface area contributed by atoms with Crippen LogP contribution in [0.5, 0.6) is 0 Å². The Balaban J connectivity index is 1.71. The third kappa shape index (κ3) is 4.85. The molecule has 1 N–H and O–H groups in total. The molecule has 0 spiro atoms. The standard InChI is InChI=1S/C19H22ClN5O2S/c1-27-11-10-25-17(14-4-6-15(20)7-5-14)23-24-18(25)28-12-16(26)22-19(13-21)8-2-3-9-19/h4-7H,2-3,8-12H2,1H3,(H,22,26). The Morgan fingerprint density at radius 2 is 2.07 bits per heavy atom. The van der Waals surface area contributed by atoms with Crippen molar-refractivity contribution in [3.05, 3.63) is 29.3 Å². The number of aromatic nitrogens is 3. The summed E-state index contributed by atoms with van der Waals surface area (Å²) in [6.07, 6.45) is 3.36. The minimum atomic E-state index is -0.712. The van der Waals surface area contributed by atoms with Crippen LogP contribution >= 0.6 is 23.4 Å². The topological polar surface area (TPSA) is 92.8 Å². The average molecular weight is 420 g/mol. The van der Waals surface area contributed by atoms with E-state index >= 15 is 0 Å². The first-order chi connectivity index (χ1) is 13.6. The maximum Gasteiger partial charge on any atom is 0.231 e. The predicted octanol–water partition coefficient (Wildman–Crippen LogP) is 3.29. The lowest BCUT2D eigenvalue weighted by atomic mass is 10.0. The van der Waals surface area contributed by atoms with Gasteiger partial charge in [-0.1, -0.05) is 23.4 Å². The Hall–Kier alpha value is -2.08. The van der Waals surface area contributed by atoms with Gasteiger partial charge in [0.2, 0.25) is 5.91 Å². The Morgan fingerprint density at radius 3 is 2.71 bits per heavy atom. The summed E-state index contributed by atoms with van der Waals surface area (Å²) < 4.78 is 7.13. The van der Waals surface area contributed by atoms with E-state index in [9.17, 15) is 10.1 Å². The summed E-state index contributed by atoms with van der Waals surface area (Å²) in [6, 6.07) is 9.64. The third-order valence-corrected chi connectivity index (χ3v) is 5.94. The molecule has 1 aliphatic carbocycles. The summed E-state index contributed by atoms with van der Waals surface area (Å²) in [5.41, 5.74) is 0.175. The Morgan fingerprint density at radius 1 is 1.36 bits per heavy atom. The summed E-state index contributed by atoms with van der Waals surface area (Å²) >= 11 is 7.27. The molecule has 28 heavy (non-hydrogen) atoms. The van der Waals surface area contributed by atoms with Crippen molar-refractivity contribution in [3.8, 4) is 17.5 Å². The minimum Gasteiger partial charge on any atom is -0.383 e. The lowest BCUT2D eigenvalue weighted by Crippen LogP contribution is -2.45. The zero-order valence-electron chi connectivity index (χ0n) is 15.7.